The predicted octanol–water partition coefficient (Wildman–Crippen LogP) is 3.63. The highest BCUT2D eigenvalue weighted by atomic mass is 16.5. The van der Waals surface area contributed by atoms with Crippen LogP contribution in [0.25, 0.3) is 0 Å². The zero-order valence-corrected chi connectivity index (χ0v) is 15.6. The van der Waals surface area contributed by atoms with Gasteiger partial charge in [0.1, 0.15) is 5.75 Å². The number of fused-ring (bicyclic) bond motifs is 2. The number of nitrogens with one attached hydrogen (secondary N) is 1. The van der Waals surface area contributed by atoms with E-state index in [2.05, 4.69) is 10.1 Å². The van der Waals surface area contributed by atoms with Crippen LogP contribution in [0.3, 0.4) is 0 Å². The monoisotopic (exact) mass is 387 g/mol. The normalized spacial score (nSPS) is 12.2. The average Bonchev–Trinajstić information content (AvgIpc) is 2.74. The van der Waals surface area contributed by atoms with Gasteiger partial charge in [0.05, 0.1) is 30.3 Å². The summed E-state index contributed by atoms with van der Waals surface area (Å²) in [6, 6.07) is 16.6. The number of phenolic OH excluding ortho intramolecular Hbond substituents is 1. The van der Waals surface area contributed by atoms with E-state index in [1.807, 2.05) is 0 Å². The van der Waals surface area contributed by atoms with E-state index in [9.17, 15) is 19.5 Å². The number of esters is 1. The molecule has 0 amide bonds. The molecule has 2 N–H and O–H groups in total. The Morgan fingerprint density at radius 1 is 0.897 bits per heavy atom. The third-order valence-corrected chi connectivity index (χ3v) is 4.86. The van der Waals surface area contributed by atoms with Gasteiger partial charge in [0.25, 0.3) is 0 Å². The van der Waals surface area contributed by atoms with Gasteiger partial charge >= 0.3 is 5.97 Å². The number of hydrogen-bond donors (Lipinski definition) is 2. The third kappa shape index (κ3) is 3.25. The topological polar surface area (TPSA) is 92.7 Å². The molecule has 0 fully saturated rings. The summed E-state index contributed by atoms with van der Waals surface area (Å²) in [4.78, 5) is 37.3. The van der Waals surface area contributed by atoms with Crippen molar-refractivity contribution in [1.82, 2.24) is 0 Å². The van der Waals surface area contributed by atoms with Crippen molar-refractivity contribution in [1.29, 1.82) is 0 Å². The lowest BCUT2D eigenvalue weighted by atomic mass is 9.82. The van der Waals surface area contributed by atoms with Crippen molar-refractivity contribution in [2.24, 2.45) is 0 Å². The van der Waals surface area contributed by atoms with Crippen LogP contribution >= 0.6 is 0 Å². The Labute approximate surface area is 166 Å². The second kappa shape index (κ2) is 7.24. The van der Waals surface area contributed by atoms with Crippen molar-refractivity contribution in [2.75, 3.05) is 12.4 Å². The number of carbonyl (C=O) groups is 3. The minimum atomic E-state index is -0.384. The van der Waals surface area contributed by atoms with Gasteiger partial charge in [-0.3, -0.25) is 14.4 Å². The van der Waals surface area contributed by atoms with E-state index in [-0.39, 0.29) is 46.4 Å². The quantitative estimate of drug-likeness (QED) is 0.410. The molecule has 0 saturated heterocycles. The lowest BCUT2D eigenvalue weighted by molar-refractivity contribution is -0.139. The molecular formula is C23H17NO5. The third-order valence-electron chi connectivity index (χ3n) is 4.86. The summed E-state index contributed by atoms with van der Waals surface area (Å²) in [6.45, 7) is 0. The SMILES string of the molecule is COC(=O)Cc1ccc(Nc2ccc(O)c3c2C(=O)c2ccccc2C3=O)cc1. The molecule has 0 atom stereocenters. The highest BCUT2D eigenvalue weighted by molar-refractivity contribution is 6.31. The van der Waals surface area contributed by atoms with E-state index in [1.54, 1.807) is 54.6 Å². The summed E-state index contributed by atoms with van der Waals surface area (Å²) in [5, 5.41) is 13.4. The van der Waals surface area contributed by atoms with Crippen LogP contribution in [0, 0.1) is 0 Å². The molecule has 4 rings (SSSR count). The first-order valence-corrected chi connectivity index (χ1v) is 8.96. The van der Waals surface area contributed by atoms with E-state index >= 15 is 0 Å². The van der Waals surface area contributed by atoms with Crippen molar-refractivity contribution >= 4 is 28.9 Å². The second-order valence-electron chi connectivity index (χ2n) is 6.66. The van der Waals surface area contributed by atoms with Gasteiger partial charge in [0.2, 0.25) is 0 Å². The Bertz CT molecular complexity index is 1150. The molecule has 0 saturated carbocycles. The van der Waals surface area contributed by atoms with Crippen molar-refractivity contribution in [3.05, 3.63) is 88.5 Å². The van der Waals surface area contributed by atoms with Gasteiger partial charge < -0.3 is 15.2 Å². The molecule has 3 aromatic carbocycles. The molecule has 144 valence electrons. The first-order valence-electron chi connectivity index (χ1n) is 8.96. The van der Waals surface area contributed by atoms with E-state index in [1.165, 1.54) is 13.2 Å². The average molecular weight is 387 g/mol. The number of ketones is 2. The summed E-state index contributed by atoms with van der Waals surface area (Å²) in [7, 11) is 1.34. The van der Waals surface area contributed by atoms with Gasteiger partial charge in [-0.15, -0.1) is 0 Å². The van der Waals surface area contributed by atoms with Gasteiger partial charge in [-0.1, -0.05) is 36.4 Å². The smallest absolute Gasteiger partial charge is 0.309 e. The lowest BCUT2D eigenvalue weighted by Gasteiger charge is -2.21. The molecule has 1 aliphatic carbocycles. The fourth-order valence-electron chi connectivity index (χ4n) is 3.41. The summed E-state index contributed by atoms with van der Waals surface area (Å²) in [5.74, 6) is -1.27. The van der Waals surface area contributed by atoms with Gasteiger partial charge in [-0.2, -0.15) is 0 Å². The minimum Gasteiger partial charge on any atom is -0.507 e. The fraction of sp³-hybridized carbons (Fsp3) is 0.0870. The molecule has 1 aliphatic rings. The summed E-state index contributed by atoms with van der Waals surface area (Å²) in [5.41, 5.74) is 2.62. The van der Waals surface area contributed by atoms with Gasteiger partial charge in [0, 0.05) is 16.8 Å². The number of carbonyl (C=O) groups excluding carboxylic acids is 3. The molecule has 0 aromatic heterocycles. The van der Waals surface area contributed by atoms with Crippen LogP contribution in [0.1, 0.15) is 37.4 Å². The molecule has 0 aliphatic heterocycles. The Kier molecular flexibility index (Phi) is 4.60. The van der Waals surface area contributed by atoms with E-state index in [4.69, 9.17) is 0 Å². The maximum Gasteiger partial charge on any atom is 0.309 e. The molecule has 0 bridgehead atoms. The minimum absolute atomic E-state index is 0.000936. The van der Waals surface area contributed by atoms with Crippen molar-refractivity contribution in [3.63, 3.8) is 0 Å². The molecule has 6 nitrogen and oxygen atoms in total. The molecule has 29 heavy (non-hydrogen) atoms. The molecule has 6 heteroatoms. The van der Waals surface area contributed by atoms with Gasteiger partial charge in [0.15, 0.2) is 11.6 Å². The Morgan fingerprint density at radius 3 is 2.14 bits per heavy atom. The highest BCUT2D eigenvalue weighted by Gasteiger charge is 2.33. The van der Waals surface area contributed by atoms with Crippen LogP contribution in [0.15, 0.2) is 60.7 Å². The van der Waals surface area contributed by atoms with Crippen LogP contribution in [-0.4, -0.2) is 29.8 Å². The van der Waals surface area contributed by atoms with E-state index in [0.717, 1.165) is 5.56 Å². The molecule has 0 unspecified atom stereocenters. The maximum atomic E-state index is 13.1. The number of phenols is 1. The first-order chi connectivity index (χ1) is 14.0. The van der Waals surface area contributed by atoms with Crippen LogP contribution in [0.5, 0.6) is 5.75 Å². The zero-order valence-electron chi connectivity index (χ0n) is 15.6. The van der Waals surface area contributed by atoms with Crippen molar-refractivity contribution in [3.8, 4) is 5.75 Å². The number of rotatable bonds is 4. The van der Waals surface area contributed by atoms with Crippen molar-refractivity contribution < 1.29 is 24.2 Å². The number of hydrogen-bond acceptors (Lipinski definition) is 6. The van der Waals surface area contributed by atoms with Crippen LogP contribution in [0.2, 0.25) is 0 Å². The Morgan fingerprint density at radius 2 is 1.52 bits per heavy atom. The van der Waals surface area contributed by atoms with E-state index in [0.29, 0.717) is 16.9 Å². The molecule has 0 heterocycles. The van der Waals surface area contributed by atoms with Crippen LogP contribution < -0.4 is 5.32 Å². The summed E-state index contributed by atoms with van der Waals surface area (Å²) >= 11 is 0. The van der Waals surface area contributed by atoms with Gasteiger partial charge in [-0.05, 0) is 29.8 Å². The Hall–Kier alpha value is -3.93. The lowest BCUT2D eigenvalue weighted by Crippen LogP contribution is -2.22. The van der Waals surface area contributed by atoms with E-state index < -0.39 is 0 Å². The number of anilines is 2. The molecular weight excluding hydrogens is 370 g/mol. The summed E-state index contributed by atoms with van der Waals surface area (Å²) in [6.07, 6.45) is 0.162. The van der Waals surface area contributed by atoms with Crippen LogP contribution in [0.4, 0.5) is 11.4 Å². The fourth-order valence-corrected chi connectivity index (χ4v) is 3.41. The zero-order chi connectivity index (χ0) is 20.5. The first kappa shape index (κ1) is 18.4. The standard InChI is InChI=1S/C23H17NO5/c1-29-19(26)12-13-6-8-14(9-7-13)24-17-10-11-18(25)21-20(17)22(27)15-4-2-3-5-16(15)23(21)28/h2-11,24-25H,12H2,1H3. The maximum absolute atomic E-state index is 13.1. The van der Waals surface area contributed by atoms with Gasteiger partial charge in [-0.25, -0.2) is 0 Å². The highest BCUT2D eigenvalue weighted by Crippen LogP contribution is 2.37. The number of ether oxygens (including phenoxy) is 1. The predicted molar refractivity (Wildman–Crippen MR) is 107 cm³/mol. The number of aromatic hydroxyl groups is 1. The number of methoxy groups -OCH3 is 1. The molecule has 0 radical (unpaired) electrons. The summed E-state index contributed by atoms with van der Waals surface area (Å²) < 4.78 is 4.66. The number of benzene rings is 3. The van der Waals surface area contributed by atoms with Crippen LogP contribution in [-0.2, 0) is 16.0 Å². The molecule has 3 aromatic rings. The largest absolute Gasteiger partial charge is 0.507 e. The second-order valence-corrected chi connectivity index (χ2v) is 6.66. The van der Waals surface area contributed by atoms with Crippen molar-refractivity contribution in [2.45, 2.75) is 6.42 Å². The molecule has 0 spiro atoms. The Balaban J connectivity index is 1.71.